The third kappa shape index (κ3) is 2.97. The first kappa shape index (κ1) is 14.6. The van der Waals surface area contributed by atoms with Gasteiger partial charge in [0.25, 0.3) is 0 Å². The summed E-state index contributed by atoms with van der Waals surface area (Å²) >= 11 is 0.410. The molecule has 1 aromatic carbocycles. The van der Waals surface area contributed by atoms with Crippen molar-refractivity contribution in [3.05, 3.63) is 52.5 Å². The quantitative estimate of drug-likeness (QED) is 0.596. The molecule has 3 aromatic rings. The van der Waals surface area contributed by atoms with Gasteiger partial charge >= 0.3 is 133 Å². The first-order valence-corrected chi connectivity index (χ1v) is 9.52. The van der Waals surface area contributed by atoms with Crippen molar-refractivity contribution in [2.75, 3.05) is 0 Å². The van der Waals surface area contributed by atoms with Crippen molar-refractivity contribution in [3.63, 3.8) is 0 Å². The molecule has 0 spiro atoms. The third-order valence-corrected chi connectivity index (χ3v) is 5.89. The molecule has 21 heavy (non-hydrogen) atoms. The van der Waals surface area contributed by atoms with Crippen LogP contribution in [0.3, 0.4) is 0 Å². The number of aromatic nitrogens is 1. The van der Waals surface area contributed by atoms with E-state index in [9.17, 15) is 0 Å². The summed E-state index contributed by atoms with van der Waals surface area (Å²) in [7, 11) is 0. The molecule has 0 unspecified atom stereocenters. The van der Waals surface area contributed by atoms with Gasteiger partial charge in [-0.3, -0.25) is 0 Å². The van der Waals surface area contributed by atoms with Crippen molar-refractivity contribution in [1.29, 1.82) is 0 Å². The van der Waals surface area contributed by atoms with Crippen LogP contribution in [0.25, 0.3) is 21.0 Å². The maximum absolute atomic E-state index is 4.88. The van der Waals surface area contributed by atoms with Crippen LogP contribution < -0.4 is 0 Å². The number of rotatable bonds is 4. The summed E-state index contributed by atoms with van der Waals surface area (Å²) in [6.45, 7) is 6.74. The summed E-state index contributed by atoms with van der Waals surface area (Å²) in [4.78, 5) is 7.13. The molecule has 0 aliphatic rings. The van der Waals surface area contributed by atoms with Crippen molar-refractivity contribution < 1.29 is 0 Å². The summed E-state index contributed by atoms with van der Waals surface area (Å²) in [5.74, 6) is 0.656. The van der Waals surface area contributed by atoms with E-state index in [-0.39, 0.29) is 0 Å². The molecule has 0 radical (unpaired) electrons. The van der Waals surface area contributed by atoms with Crippen LogP contribution >= 0.6 is 0 Å². The fraction of sp³-hybridized carbons (Fsp3) is 0.316. The standard InChI is InChI=1S/C19H21NSe/c1-4-14(5-2)16-10-13(3)11-17(12-16)18-7-6-15-8-9-21-19(15)20-18/h6-12,14H,4-5H2,1-3H3. The van der Waals surface area contributed by atoms with Gasteiger partial charge in [0.15, 0.2) is 0 Å². The van der Waals surface area contributed by atoms with Crippen LogP contribution in [0.4, 0.5) is 0 Å². The van der Waals surface area contributed by atoms with E-state index in [1.807, 2.05) is 0 Å². The molecule has 0 aliphatic heterocycles. The zero-order valence-electron chi connectivity index (χ0n) is 12.9. The van der Waals surface area contributed by atoms with Crippen molar-refractivity contribution in [1.82, 2.24) is 4.98 Å². The van der Waals surface area contributed by atoms with Gasteiger partial charge in [-0.1, -0.05) is 0 Å². The number of hydrogen-bond acceptors (Lipinski definition) is 1. The second kappa shape index (κ2) is 6.17. The summed E-state index contributed by atoms with van der Waals surface area (Å²) in [6, 6.07) is 13.5. The Morgan fingerprint density at radius 1 is 1.05 bits per heavy atom. The minimum absolute atomic E-state index is 0.410. The Balaban J connectivity index is 2.08. The molecule has 0 amide bonds. The van der Waals surface area contributed by atoms with Crippen molar-refractivity contribution >= 4 is 24.3 Å². The Bertz CT molecular complexity index is 753. The van der Waals surface area contributed by atoms with E-state index >= 15 is 0 Å². The average Bonchev–Trinajstić information content (AvgIpc) is 2.95. The SMILES string of the molecule is CCC(CC)c1cc(C)cc(-c2ccc3cc[se]c3n2)c1. The van der Waals surface area contributed by atoms with Crippen LogP contribution in [0.15, 0.2) is 41.3 Å². The normalized spacial score (nSPS) is 11.4. The number of pyridine rings is 1. The molecule has 0 saturated carbocycles. The van der Waals surface area contributed by atoms with Crippen molar-refractivity contribution in [2.24, 2.45) is 0 Å². The molecule has 0 aliphatic carbocycles. The Kier molecular flexibility index (Phi) is 4.28. The molecule has 2 heterocycles. The van der Waals surface area contributed by atoms with E-state index in [0.29, 0.717) is 20.4 Å². The molecule has 2 heteroatoms. The Labute approximate surface area is 132 Å². The average molecular weight is 342 g/mol. The van der Waals surface area contributed by atoms with E-state index in [4.69, 9.17) is 4.98 Å². The number of nitrogens with zero attached hydrogens (tertiary/aromatic N) is 1. The first-order chi connectivity index (χ1) is 10.2. The zero-order valence-corrected chi connectivity index (χ0v) is 14.6. The molecule has 108 valence electrons. The van der Waals surface area contributed by atoms with Gasteiger partial charge in [-0.05, 0) is 0 Å². The van der Waals surface area contributed by atoms with Gasteiger partial charge in [-0.15, -0.1) is 0 Å². The molecule has 2 aromatic heterocycles. The van der Waals surface area contributed by atoms with Crippen LogP contribution in [0.1, 0.15) is 43.7 Å². The van der Waals surface area contributed by atoms with Crippen LogP contribution in [0, 0.1) is 6.92 Å². The fourth-order valence-corrected chi connectivity index (χ4v) is 4.57. The number of fused-ring (bicyclic) bond motifs is 1. The fourth-order valence-electron chi connectivity index (χ4n) is 2.96. The predicted molar refractivity (Wildman–Crippen MR) is 92.2 cm³/mol. The predicted octanol–water partition coefficient (Wildman–Crippen LogP) is 5.17. The summed E-state index contributed by atoms with van der Waals surface area (Å²) in [6.07, 6.45) is 2.40. The topological polar surface area (TPSA) is 12.9 Å². The van der Waals surface area contributed by atoms with E-state index < -0.39 is 0 Å². The van der Waals surface area contributed by atoms with Gasteiger partial charge in [0.2, 0.25) is 0 Å². The second-order valence-corrected chi connectivity index (χ2v) is 7.53. The van der Waals surface area contributed by atoms with Gasteiger partial charge in [-0.25, -0.2) is 0 Å². The molecular weight excluding hydrogens is 321 g/mol. The van der Waals surface area contributed by atoms with Gasteiger partial charge < -0.3 is 0 Å². The van der Waals surface area contributed by atoms with Crippen LogP contribution in [-0.2, 0) is 0 Å². The summed E-state index contributed by atoms with van der Waals surface area (Å²) < 4.78 is 1.27. The second-order valence-electron chi connectivity index (χ2n) is 5.66. The molecule has 3 rings (SSSR count). The Morgan fingerprint density at radius 3 is 2.62 bits per heavy atom. The minimum atomic E-state index is 0.410. The molecular formula is C19H21NSe. The monoisotopic (exact) mass is 343 g/mol. The molecule has 0 bridgehead atoms. The van der Waals surface area contributed by atoms with Gasteiger partial charge in [0.05, 0.1) is 0 Å². The molecule has 0 saturated heterocycles. The molecule has 0 atom stereocenters. The van der Waals surface area contributed by atoms with E-state index in [1.165, 1.54) is 39.3 Å². The number of aryl methyl sites for hydroxylation is 1. The van der Waals surface area contributed by atoms with Crippen molar-refractivity contribution in [2.45, 2.75) is 39.5 Å². The van der Waals surface area contributed by atoms with Crippen LogP contribution in [-0.4, -0.2) is 19.5 Å². The van der Waals surface area contributed by atoms with Gasteiger partial charge in [0.1, 0.15) is 0 Å². The van der Waals surface area contributed by atoms with E-state index in [2.05, 4.69) is 62.1 Å². The van der Waals surface area contributed by atoms with E-state index in [1.54, 1.807) is 0 Å². The first-order valence-electron chi connectivity index (χ1n) is 7.67. The van der Waals surface area contributed by atoms with Crippen molar-refractivity contribution in [3.8, 4) is 11.3 Å². The van der Waals surface area contributed by atoms with Crippen LogP contribution in [0.2, 0.25) is 0 Å². The van der Waals surface area contributed by atoms with Crippen LogP contribution in [0.5, 0.6) is 0 Å². The Morgan fingerprint density at radius 2 is 1.86 bits per heavy atom. The van der Waals surface area contributed by atoms with E-state index in [0.717, 1.165) is 5.69 Å². The molecule has 0 N–H and O–H groups in total. The third-order valence-electron chi connectivity index (χ3n) is 4.17. The van der Waals surface area contributed by atoms with Gasteiger partial charge in [0, 0.05) is 0 Å². The number of benzene rings is 1. The Hall–Kier alpha value is -1.37. The maximum atomic E-state index is 4.88. The molecule has 0 fully saturated rings. The van der Waals surface area contributed by atoms with Gasteiger partial charge in [-0.2, -0.15) is 0 Å². The summed E-state index contributed by atoms with van der Waals surface area (Å²) in [5.41, 5.74) is 5.18. The number of hydrogen-bond donors (Lipinski definition) is 0. The summed E-state index contributed by atoms with van der Waals surface area (Å²) in [5, 5.41) is 1.30. The molecule has 1 nitrogen and oxygen atoms in total. The zero-order chi connectivity index (χ0) is 14.8.